The molecule has 102 valence electrons. The van der Waals surface area contributed by atoms with Gasteiger partial charge in [-0.1, -0.05) is 15.9 Å². The molecule has 0 aliphatic rings. The Morgan fingerprint density at radius 1 is 1.15 bits per heavy atom. The van der Waals surface area contributed by atoms with E-state index in [0.717, 1.165) is 21.6 Å². The number of ether oxygens (including phenoxy) is 2. The fraction of sp³-hybridized carbons (Fsp3) is 0.143. The van der Waals surface area contributed by atoms with Crippen molar-refractivity contribution in [2.24, 2.45) is 0 Å². The first kappa shape index (κ1) is 12.9. The third kappa shape index (κ3) is 2.75. The molecule has 3 aromatic rings. The van der Waals surface area contributed by atoms with Gasteiger partial charge in [-0.2, -0.15) is 0 Å². The van der Waals surface area contributed by atoms with Crippen LogP contribution in [0.1, 0.15) is 5.82 Å². The van der Waals surface area contributed by atoms with E-state index in [0.29, 0.717) is 12.4 Å². The first-order valence-electron chi connectivity index (χ1n) is 6.02. The lowest BCUT2D eigenvalue weighted by Crippen LogP contribution is -1.98. The largest absolute Gasteiger partial charge is 0.497 e. The van der Waals surface area contributed by atoms with Gasteiger partial charge in [0, 0.05) is 10.7 Å². The summed E-state index contributed by atoms with van der Waals surface area (Å²) in [7, 11) is 1.63. The van der Waals surface area contributed by atoms with E-state index >= 15 is 0 Å². The van der Waals surface area contributed by atoms with Gasteiger partial charge in [0.05, 0.1) is 7.11 Å². The molecule has 0 N–H and O–H groups in total. The van der Waals surface area contributed by atoms with Crippen molar-refractivity contribution in [1.29, 1.82) is 0 Å². The summed E-state index contributed by atoms with van der Waals surface area (Å²) >= 11 is 3.41. The second kappa shape index (κ2) is 5.50. The minimum Gasteiger partial charge on any atom is -0.497 e. The van der Waals surface area contributed by atoms with Gasteiger partial charge in [-0.15, -0.1) is 5.10 Å². The Bertz CT molecular complexity index is 725. The fourth-order valence-corrected chi connectivity index (χ4v) is 2.11. The Labute approximate surface area is 124 Å². The van der Waals surface area contributed by atoms with Gasteiger partial charge in [-0.05, 0) is 36.4 Å². The van der Waals surface area contributed by atoms with Crippen LogP contribution >= 0.6 is 15.9 Å². The molecule has 0 radical (unpaired) electrons. The van der Waals surface area contributed by atoms with E-state index in [4.69, 9.17) is 9.47 Å². The molecule has 0 amide bonds. The molecule has 0 bridgehead atoms. The van der Waals surface area contributed by atoms with E-state index in [1.807, 2.05) is 42.6 Å². The van der Waals surface area contributed by atoms with Crippen molar-refractivity contribution >= 4 is 21.6 Å². The molecule has 20 heavy (non-hydrogen) atoms. The molecule has 0 aliphatic carbocycles. The zero-order valence-electron chi connectivity index (χ0n) is 10.8. The van der Waals surface area contributed by atoms with Crippen LogP contribution in [0.3, 0.4) is 0 Å². The summed E-state index contributed by atoms with van der Waals surface area (Å²) in [6, 6.07) is 11.2. The summed E-state index contributed by atoms with van der Waals surface area (Å²) in [5, 5.41) is 4.34. The number of hydrogen-bond acceptors (Lipinski definition) is 4. The summed E-state index contributed by atoms with van der Waals surface area (Å²) in [5.41, 5.74) is 0.785. The van der Waals surface area contributed by atoms with E-state index in [9.17, 15) is 0 Å². The minimum absolute atomic E-state index is 0.325. The van der Waals surface area contributed by atoms with Crippen LogP contribution in [0.5, 0.6) is 11.5 Å². The Morgan fingerprint density at radius 2 is 1.90 bits per heavy atom. The molecule has 0 saturated carbocycles. The number of benzene rings is 1. The highest BCUT2D eigenvalue weighted by Gasteiger charge is 2.05. The number of aromatic nitrogens is 3. The van der Waals surface area contributed by atoms with Gasteiger partial charge < -0.3 is 9.47 Å². The average molecular weight is 334 g/mol. The quantitative estimate of drug-likeness (QED) is 0.736. The van der Waals surface area contributed by atoms with Crippen molar-refractivity contribution in [3.8, 4) is 11.5 Å². The molecule has 0 spiro atoms. The molecule has 3 rings (SSSR count). The summed E-state index contributed by atoms with van der Waals surface area (Å²) in [5.74, 6) is 2.19. The first-order valence-corrected chi connectivity index (χ1v) is 6.81. The highest BCUT2D eigenvalue weighted by Crippen LogP contribution is 2.18. The number of fused-ring (bicyclic) bond motifs is 1. The predicted octanol–water partition coefficient (Wildman–Crippen LogP) is 3.08. The SMILES string of the molecule is COc1ccc(OCc2nc3cc(Br)ccn3n2)cc1. The standard InChI is InChI=1S/C14H12BrN3O2/c1-19-11-2-4-12(5-3-11)20-9-13-16-14-8-10(15)6-7-18(14)17-13/h2-8H,9H2,1H3. The third-order valence-corrected chi connectivity index (χ3v) is 3.26. The fourth-order valence-electron chi connectivity index (χ4n) is 1.78. The summed E-state index contributed by atoms with van der Waals surface area (Å²) in [4.78, 5) is 4.39. The molecule has 0 saturated heterocycles. The smallest absolute Gasteiger partial charge is 0.189 e. The van der Waals surface area contributed by atoms with Crippen LogP contribution in [0, 0.1) is 0 Å². The normalized spacial score (nSPS) is 10.7. The third-order valence-electron chi connectivity index (χ3n) is 2.77. The van der Waals surface area contributed by atoms with Crippen LogP contribution in [0.15, 0.2) is 47.1 Å². The second-order valence-corrected chi connectivity index (χ2v) is 5.06. The van der Waals surface area contributed by atoms with Crippen molar-refractivity contribution in [2.45, 2.75) is 6.61 Å². The average Bonchev–Trinajstić information content (AvgIpc) is 2.87. The molecule has 0 aliphatic heterocycles. The molecular formula is C14H12BrN3O2. The number of nitrogens with zero attached hydrogens (tertiary/aromatic N) is 3. The lowest BCUT2D eigenvalue weighted by molar-refractivity contribution is 0.295. The van der Waals surface area contributed by atoms with Crippen molar-refractivity contribution in [1.82, 2.24) is 14.6 Å². The number of hydrogen-bond donors (Lipinski definition) is 0. The van der Waals surface area contributed by atoms with E-state index in [1.54, 1.807) is 11.6 Å². The van der Waals surface area contributed by atoms with E-state index in [2.05, 4.69) is 26.0 Å². The Kier molecular flexibility index (Phi) is 3.56. The van der Waals surface area contributed by atoms with Gasteiger partial charge in [0.2, 0.25) is 0 Å². The maximum Gasteiger partial charge on any atom is 0.189 e. The summed E-state index contributed by atoms with van der Waals surface area (Å²) < 4.78 is 13.4. The topological polar surface area (TPSA) is 48.7 Å². The summed E-state index contributed by atoms with van der Waals surface area (Å²) in [6.45, 7) is 0.325. The van der Waals surface area contributed by atoms with Crippen LogP contribution in [0.2, 0.25) is 0 Å². The van der Waals surface area contributed by atoms with E-state index < -0.39 is 0 Å². The molecule has 0 unspecified atom stereocenters. The predicted molar refractivity (Wildman–Crippen MR) is 78.0 cm³/mol. The van der Waals surface area contributed by atoms with Crippen LogP contribution in [0.4, 0.5) is 0 Å². The van der Waals surface area contributed by atoms with Crippen molar-refractivity contribution in [3.63, 3.8) is 0 Å². The lowest BCUT2D eigenvalue weighted by Gasteiger charge is -2.04. The van der Waals surface area contributed by atoms with Crippen LogP contribution in [-0.2, 0) is 6.61 Å². The zero-order valence-corrected chi connectivity index (χ0v) is 12.4. The Hall–Kier alpha value is -2.08. The van der Waals surface area contributed by atoms with Gasteiger partial charge in [0.25, 0.3) is 0 Å². The minimum atomic E-state index is 0.325. The molecule has 0 atom stereocenters. The van der Waals surface area contributed by atoms with Gasteiger partial charge in [0.1, 0.15) is 18.1 Å². The monoisotopic (exact) mass is 333 g/mol. The molecule has 2 heterocycles. The molecule has 0 fully saturated rings. The van der Waals surface area contributed by atoms with Gasteiger partial charge in [0.15, 0.2) is 11.5 Å². The van der Waals surface area contributed by atoms with Crippen molar-refractivity contribution in [2.75, 3.05) is 7.11 Å². The van der Waals surface area contributed by atoms with Crippen LogP contribution in [0.25, 0.3) is 5.65 Å². The van der Waals surface area contributed by atoms with Crippen LogP contribution in [-0.4, -0.2) is 21.7 Å². The number of methoxy groups -OCH3 is 1. The maximum atomic E-state index is 5.65. The molecule has 5 nitrogen and oxygen atoms in total. The molecular weight excluding hydrogens is 322 g/mol. The maximum absolute atomic E-state index is 5.65. The molecule has 1 aromatic carbocycles. The first-order chi connectivity index (χ1) is 9.74. The van der Waals surface area contributed by atoms with Crippen molar-refractivity contribution < 1.29 is 9.47 Å². The highest BCUT2D eigenvalue weighted by molar-refractivity contribution is 9.10. The van der Waals surface area contributed by atoms with E-state index in [1.165, 1.54) is 0 Å². The number of halogens is 1. The zero-order chi connectivity index (χ0) is 13.9. The highest BCUT2D eigenvalue weighted by atomic mass is 79.9. The number of pyridine rings is 1. The van der Waals surface area contributed by atoms with E-state index in [-0.39, 0.29) is 0 Å². The lowest BCUT2D eigenvalue weighted by atomic mass is 10.3. The second-order valence-electron chi connectivity index (χ2n) is 4.14. The van der Waals surface area contributed by atoms with Gasteiger partial charge >= 0.3 is 0 Å². The molecule has 6 heteroatoms. The van der Waals surface area contributed by atoms with Crippen LogP contribution < -0.4 is 9.47 Å². The van der Waals surface area contributed by atoms with Gasteiger partial charge in [-0.25, -0.2) is 9.50 Å². The Morgan fingerprint density at radius 3 is 2.65 bits per heavy atom. The number of rotatable bonds is 4. The molecule has 2 aromatic heterocycles. The van der Waals surface area contributed by atoms with Crippen molar-refractivity contribution in [3.05, 3.63) is 52.9 Å². The summed E-state index contributed by atoms with van der Waals surface area (Å²) in [6.07, 6.45) is 1.85. The van der Waals surface area contributed by atoms with Gasteiger partial charge in [-0.3, -0.25) is 0 Å². The Balaban J connectivity index is 1.72.